The second-order valence-corrected chi connectivity index (χ2v) is 6.06. The van der Waals surface area contributed by atoms with Crippen molar-refractivity contribution >= 4 is 21.7 Å². The minimum Gasteiger partial charge on any atom is -0.248 e. The van der Waals surface area contributed by atoms with Crippen LogP contribution >= 0.6 is 0 Å². The van der Waals surface area contributed by atoms with Gasteiger partial charge in [0.05, 0.1) is 11.2 Å². The third-order valence-electron chi connectivity index (χ3n) is 4.55. The number of hydrogen-bond donors (Lipinski definition) is 0. The molecule has 0 bridgehead atoms. The third-order valence-corrected chi connectivity index (χ3v) is 4.55. The molecule has 1 heteroatoms. The Morgan fingerprint density at radius 2 is 1.65 bits per heavy atom. The molecule has 0 fully saturated rings. The molecule has 0 aliphatic carbocycles. The van der Waals surface area contributed by atoms with Crippen LogP contribution in [0.5, 0.6) is 0 Å². The highest BCUT2D eigenvalue weighted by Gasteiger charge is 2.08. The normalized spacial score (nSPS) is 11.2. The van der Waals surface area contributed by atoms with Crippen LogP contribution in [0, 0.1) is 6.92 Å². The molecule has 0 saturated heterocycles. The molecule has 4 aromatic rings. The van der Waals surface area contributed by atoms with Crippen molar-refractivity contribution in [2.45, 2.75) is 20.3 Å². The summed E-state index contributed by atoms with van der Waals surface area (Å²) in [6, 6.07) is 23.8. The Bertz CT molecular complexity index is 997. The molecule has 0 spiro atoms. The quantitative estimate of drug-likeness (QED) is 0.418. The van der Waals surface area contributed by atoms with Crippen LogP contribution < -0.4 is 0 Å². The molecule has 1 heterocycles. The lowest BCUT2D eigenvalue weighted by atomic mass is 9.99. The summed E-state index contributed by atoms with van der Waals surface area (Å²) in [6.07, 6.45) is 1.07. The van der Waals surface area contributed by atoms with Crippen molar-refractivity contribution in [2.75, 3.05) is 0 Å². The summed E-state index contributed by atoms with van der Waals surface area (Å²) in [5.41, 5.74) is 5.94. The predicted molar refractivity (Wildman–Crippen MR) is 98.8 cm³/mol. The van der Waals surface area contributed by atoms with E-state index in [1.165, 1.54) is 32.8 Å². The zero-order valence-electron chi connectivity index (χ0n) is 13.5. The Kier molecular flexibility index (Phi) is 3.34. The van der Waals surface area contributed by atoms with Crippen molar-refractivity contribution in [3.8, 4) is 11.3 Å². The van der Waals surface area contributed by atoms with Gasteiger partial charge in [0.2, 0.25) is 0 Å². The highest BCUT2D eigenvalue weighted by Crippen LogP contribution is 2.30. The van der Waals surface area contributed by atoms with Crippen LogP contribution in [-0.4, -0.2) is 4.98 Å². The van der Waals surface area contributed by atoms with Gasteiger partial charge in [0, 0.05) is 10.9 Å². The number of aromatic nitrogens is 1. The predicted octanol–water partition coefficient (Wildman–Crippen LogP) is 5.93. The fourth-order valence-electron chi connectivity index (χ4n) is 3.27. The van der Waals surface area contributed by atoms with Crippen LogP contribution in [0.4, 0.5) is 0 Å². The zero-order chi connectivity index (χ0) is 15.8. The first-order chi connectivity index (χ1) is 11.3. The van der Waals surface area contributed by atoms with E-state index in [1.54, 1.807) is 0 Å². The van der Waals surface area contributed by atoms with Crippen molar-refractivity contribution in [1.82, 2.24) is 4.98 Å². The van der Waals surface area contributed by atoms with Gasteiger partial charge in [-0.3, -0.25) is 0 Å². The van der Waals surface area contributed by atoms with Gasteiger partial charge in [-0.25, -0.2) is 4.98 Å². The maximum Gasteiger partial charge on any atom is 0.0718 e. The van der Waals surface area contributed by atoms with Gasteiger partial charge in [-0.15, -0.1) is 0 Å². The Hall–Kier alpha value is -2.67. The van der Waals surface area contributed by atoms with Crippen molar-refractivity contribution in [2.24, 2.45) is 0 Å². The molecule has 0 aliphatic heterocycles. The van der Waals surface area contributed by atoms with E-state index < -0.39 is 0 Å². The first kappa shape index (κ1) is 14.0. The van der Waals surface area contributed by atoms with E-state index in [2.05, 4.69) is 80.6 Å². The van der Waals surface area contributed by atoms with E-state index in [-0.39, 0.29) is 0 Å². The van der Waals surface area contributed by atoms with E-state index in [1.807, 2.05) is 0 Å². The van der Waals surface area contributed by atoms with Gasteiger partial charge < -0.3 is 0 Å². The molecule has 0 aliphatic rings. The molecule has 0 radical (unpaired) electrons. The third kappa shape index (κ3) is 2.39. The number of pyridine rings is 1. The molecule has 0 N–H and O–H groups in total. The Labute approximate surface area is 136 Å². The maximum absolute atomic E-state index is 4.91. The molecule has 1 aromatic heterocycles. The largest absolute Gasteiger partial charge is 0.248 e. The monoisotopic (exact) mass is 297 g/mol. The zero-order valence-corrected chi connectivity index (χ0v) is 13.5. The lowest BCUT2D eigenvalue weighted by Crippen LogP contribution is -1.90. The Morgan fingerprint density at radius 3 is 2.43 bits per heavy atom. The standard InChI is InChI=1S/C22H19N/c1-3-16-8-10-18(11-9-16)21-14-15(2)22-19-7-5-4-6-17(19)12-13-20(22)23-21/h4-14H,3H2,1-2H3. The number of fused-ring (bicyclic) bond motifs is 3. The number of aryl methyl sites for hydroxylation is 2. The molecule has 0 saturated carbocycles. The van der Waals surface area contributed by atoms with Crippen LogP contribution in [0.2, 0.25) is 0 Å². The van der Waals surface area contributed by atoms with Crippen molar-refractivity contribution in [3.05, 3.63) is 77.9 Å². The Balaban J connectivity index is 1.94. The fourth-order valence-corrected chi connectivity index (χ4v) is 3.27. The summed E-state index contributed by atoms with van der Waals surface area (Å²) in [4.78, 5) is 4.91. The van der Waals surface area contributed by atoms with E-state index >= 15 is 0 Å². The lowest BCUT2D eigenvalue weighted by molar-refractivity contribution is 1.14. The molecule has 0 unspecified atom stereocenters. The summed E-state index contributed by atoms with van der Waals surface area (Å²) in [7, 11) is 0. The molecular formula is C22H19N. The van der Waals surface area contributed by atoms with Crippen molar-refractivity contribution < 1.29 is 0 Å². The number of hydrogen-bond acceptors (Lipinski definition) is 1. The van der Waals surface area contributed by atoms with E-state index in [9.17, 15) is 0 Å². The number of nitrogens with zero attached hydrogens (tertiary/aromatic N) is 1. The van der Waals surface area contributed by atoms with Gasteiger partial charge in [-0.05, 0) is 47.4 Å². The molecule has 0 amide bonds. The first-order valence-corrected chi connectivity index (χ1v) is 8.14. The topological polar surface area (TPSA) is 12.9 Å². The summed E-state index contributed by atoms with van der Waals surface area (Å²) >= 11 is 0. The summed E-state index contributed by atoms with van der Waals surface area (Å²) in [5.74, 6) is 0. The van der Waals surface area contributed by atoms with E-state index in [0.29, 0.717) is 0 Å². The van der Waals surface area contributed by atoms with Crippen LogP contribution in [0.25, 0.3) is 32.9 Å². The molecule has 0 atom stereocenters. The smallest absolute Gasteiger partial charge is 0.0718 e. The average molecular weight is 297 g/mol. The number of benzene rings is 3. The first-order valence-electron chi connectivity index (χ1n) is 8.14. The Morgan fingerprint density at radius 1 is 0.870 bits per heavy atom. The highest BCUT2D eigenvalue weighted by molar-refractivity contribution is 6.08. The van der Waals surface area contributed by atoms with Gasteiger partial charge >= 0.3 is 0 Å². The van der Waals surface area contributed by atoms with Gasteiger partial charge in [0.25, 0.3) is 0 Å². The second kappa shape index (κ2) is 5.51. The lowest BCUT2D eigenvalue weighted by Gasteiger charge is -2.10. The average Bonchev–Trinajstić information content (AvgIpc) is 2.61. The van der Waals surface area contributed by atoms with Crippen LogP contribution in [0.1, 0.15) is 18.1 Å². The van der Waals surface area contributed by atoms with Crippen molar-refractivity contribution in [1.29, 1.82) is 0 Å². The molecule has 112 valence electrons. The van der Waals surface area contributed by atoms with Crippen LogP contribution in [0.3, 0.4) is 0 Å². The highest BCUT2D eigenvalue weighted by atomic mass is 14.7. The minimum absolute atomic E-state index is 1.05. The molecule has 3 aromatic carbocycles. The number of rotatable bonds is 2. The van der Waals surface area contributed by atoms with Crippen LogP contribution in [-0.2, 0) is 6.42 Å². The van der Waals surface area contributed by atoms with E-state index in [0.717, 1.165) is 17.6 Å². The maximum atomic E-state index is 4.91. The van der Waals surface area contributed by atoms with Crippen LogP contribution in [0.15, 0.2) is 66.7 Å². The van der Waals surface area contributed by atoms with Gasteiger partial charge in [-0.2, -0.15) is 0 Å². The summed E-state index contributed by atoms with van der Waals surface area (Å²) in [6.45, 7) is 4.36. The van der Waals surface area contributed by atoms with Crippen molar-refractivity contribution in [3.63, 3.8) is 0 Å². The van der Waals surface area contributed by atoms with Gasteiger partial charge in [0.1, 0.15) is 0 Å². The molecular weight excluding hydrogens is 278 g/mol. The van der Waals surface area contributed by atoms with E-state index in [4.69, 9.17) is 4.98 Å². The SMILES string of the molecule is CCc1ccc(-c2cc(C)c3c(ccc4ccccc43)n2)cc1. The second-order valence-electron chi connectivity index (χ2n) is 6.06. The summed E-state index contributed by atoms with van der Waals surface area (Å²) in [5, 5.41) is 3.81. The van der Waals surface area contributed by atoms with Gasteiger partial charge in [-0.1, -0.05) is 61.5 Å². The summed E-state index contributed by atoms with van der Waals surface area (Å²) < 4.78 is 0. The molecule has 23 heavy (non-hydrogen) atoms. The van der Waals surface area contributed by atoms with Gasteiger partial charge in [0.15, 0.2) is 0 Å². The fraction of sp³-hybridized carbons (Fsp3) is 0.136. The molecule has 4 rings (SSSR count). The molecule has 1 nitrogen and oxygen atoms in total. The minimum atomic E-state index is 1.05.